The molecular formula is C15H23N3S. The van der Waals surface area contributed by atoms with Crippen molar-refractivity contribution in [2.45, 2.75) is 44.6 Å². The van der Waals surface area contributed by atoms with Crippen molar-refractivity contribution >= 4 is 17.3 Å². The van der Waals surface area contributed by atoms with Crippen LogP contribution in [0.3, 0.4) is 0 Å². The lowest BCUT2D eigenvalue weighted by atomic mass is 9.96. The minimum atomic E-state index is 0.588. The molecule has 2 rings (SSSR count). The molecule has 0 bridgehead atoms. The van der Waals surface area contributed by atoms with E-state index in [0.29, 0.717) is 6.04 Å². The van der Waals surface area contributed by atoms with Crippen LogP contribution >= 0.6 is 12.2 Å². The molecule has 0 saturated heterocycles. The van der Waals surface area contributed by atoms with Gasteiger partial charge in [0.05, 0.1) is 0 Å². The number of nitrogens with zero attached hydrogens (tertiary/aromatic N) is 2. The smallest absolute Gasteiger partial charge is 0.168 e. The summed E-state index contributed by atoms with van der Waals surface area (Å²) in [4.78, 5) is 6.18. The number of hydrogen-bond donors (Lipinski definition) is 1. The van der Waals surface area contributed by atoms with Gasteiger partial charge in [-0.05, 0) is 49.2 Å². The standard InChI is InChI=1S/C15H23N3S/c1-18(12-9-13-7-10-16-11-8-13)15(19)17-14-5-3-2-4-6-14/h7-8,10-11,14H,2-6,9,12H2,1H3,(H,17,19). The van der Waals surface area contributed by atoms with E-state index in [1.165, 1.54) is 37.7 Å². The highest BCUT2D eigenvalue weighted by molar-refractivity contribution is 7.80. The number of likely N-dealkylation sites (N-methyl/N-ethyl adjacent to an activating group) is 1. The van der Waals surface area contributed by atoms with Gasteiger partial charge >= 0.3 is 0 Å². The van der Waals surface area contributed by atoms with Gasteiger partial charge in [-0.3, -0.25) is 4.98 Å². The Labute approximate surface area is 121 Å². The molecule has 19 heavy (non-hydrogen) atoms. The lowest BCUT2D eigenvalue weighted by Crippen LogP contribution is -2.44. The average molecular weight is 277 g/mol. The highest BCUT2D eigenvalue weighted by Crippen LogP contribution is 2.17. The monoisotopic (exact) mass is 277 g/mol. The van der Waals surface area contributed by atoms with E-state index in [4.69, 9.17) is 12.2 Å². The Kier molecular flexibility index (Phi) is 5.58. The average Bonchev–Trinajstić information content (AvgIpc) is 2.47. The van der Waals surface area contributed by atoms with Gasteiger partial charge in [-0.1, -0.05) is 19.3 Å². The maximum absolute atomic E-state index is 5.48. The van der Waals surface area contributed by atoms with Crippen LogP contribution < -0.4 is 5.32 Å². The third kappa shape index (κ3) is 4.78. The fraction of sp³-hybridized carbons (Fsp3) is 0.600. The number of pyridine rings is 1. The highest BCUT2D eigenvalue weighted by atomic mass is 32.1. The second-order valence-electron chi connectivity index (χ2n) is 5.31. The van der Waals surface area contributed by atoms with Crippen molar-refractivity contribution in [2.24, 2.45) is 0 Å². The van der Waals surface area contributed by atoms with E-state index in [-0.39, 0.29) is 0 Å². The van der Waals surface area contributed by atoms with E-state index in [0.717, 1.165) is 18.1 Å². The van der Waals surface area contributed by atoms with Crippen LogP contribution in [0.15, 0.2) is 24.5 Å². The first-order chi connectivity index (χ1) is 9.25. The molecule has 0 unspecified atom stereocenters. The van der Waals surface area contributed by atoms with E-state index < -0.39 is 0 Å². The van der Waals surface area contributed by atoms with Crippen molar-refractivity contribution in [1.82, 2.24) is 15.2 Å². The number of thiocarbonyl (C=S) groups is 1. The topological polar surface area (TPSA) is 28.2 Å². The summed E-state index contributed by atoms with van der Waals surface area (Å²) in [5, 5.41) is 4.39. The number of nitrogens with one attached hydrogen (secondary N) is 1. The lowest BCUT2D eigenvalue weighted by Gasteiger charge is -2.28. The van der Waals surface area contributed by atoms with Gasteiger partial charge in [-0.15, -0.1) is 0 Å². The van der Waals surface area contributed by atoms with Gasteiger partial charge in [0, 0.05) is 32.0 Å². The molecular weight excluding hydrogens is 254 g/mol. The van der Waals surface area contributed by atoms with Gasteiger partial charge in [-0.25, -0.2) is 0 Å². The zero-order chi connectivity index (χ0) is 13.5. The highest BCUT2D eigenvalue weighted by Gasteiger charge is 2.15. The molecule has 1 aromatic heterocycles. The molecule has 1 aromatic rings. The first-order valence-corrected chi connectivity index (χ1v) is 7.57. The molecule has 1 fully saturated rings. The molecule has 1 aliphatic rings. The Morgan fingerprint density at radius 1 is 1.32 bits per heavy atom. The first kappa shape index (κ1) is 14.3. The fourth-order valence-corrected chi connectivity index (χ4v) is 2.74. The fourth-order valence-electron chi connectivity index (χ4n) is 2.48. The van der Waals surface area contributed by atoms with Crippen LogP contribution in [0, 0.1) is 0 Å². The summed E-state index contributed by atoms with van der Waals surface area (Å²) in [6.45, 7) is 0.947. The molecule has 4 heteroatoms. The lowest BCUT2D eigenvalue weighted by molar-refractivity contribution is 0.394. The summed E-state index contributed by atoms with van der Waals surface area (Å²) >= 11 is 5.48. The Balaban J connectivity index is 1.72. The van der Waals surface area contributed by atoms with Gasteiger partial charge in [0.15, 0.2) is 5.11 Å². The zero-order valence-corrected chi connectivity index (χ0v) is 12.5. The summed E-state index contributed by atoms with van der Waals surface area (Å²) < 4.78 is 0. The van der Waals surface area contributed by atoms with Crippen molar-refractivity contribution in [3.63, 3.8) is 0 Å². The largest absolute Gasteiger partial charge is 0.360 e. The van der Waals surface area contributed by atoms with Crippen LogP contribution in [0.5, 0.6) is 0 Å². The quantitative estimate of drug-likeness (QED) is 0.857. The number of aromatic nitrogens is 1. The molecule has 0 amide bonds. The molecule has 1 aliphatic carbocycles. The van der Waals surface area contributed by atoms with Gasteiger partial charge in [0.2, 0.25) is 0 Å². The minimum Gasteiger partial charge on any atom is -0.360 e. The third-order valence-electron chi connectivity index (χ3n) is 3.76. The van der Waals surface area contributed by atoms with Crippen LogP contribution in [0.4, 0.5) is 0 Å². The SMILES string of the molecule is CN(CCc1ccncc1)C(=S)NC1CCCCC1. The molecule has 0 atom stereocenters. The number of hydrogen-bond acceptors (Lipinski definition) is 2. The van der Waals surface area contributed by atoms with Crippen molar-refractivity contribution in [3.8, 4) is 0 Å². The summed E-state index contributed by atoms with van der Waals surface area (Å²) in [6, 6.07) is 4.71. The molecule has 0 radical (unpaired) electrons. The molecule has 1 N–H and O–H groups in total. The van der Waals surface area contributed by atoms with Gasteiger partial charge < -0.3 is 10.2 Å². The molecule has 3 nitrogen and oxygen atoms in total. The van der Waals surface area contributed by atoms with E-state index >= 15 is 0 Å². The Morgan fingerprint density at radius 3 is 2.68 bits per heavy atom. The Bertz CT molecular complexity index is 388. The predicted octanol–water partition coefficient (Wildman–Crippen LogP) is 2.76. The molecule has 0 aromatic carbocycles. The summed E-state index contributed by atoms with van der Waals surface area (Å²) in [5.41, 5.74) is 1.31. The Morgan fingerprint density at radius 2 is 2.00 bits per heavy atom. The van der Waals surface area contributed by atoms with Gasteiger partial charge in [0.1, 0.15) is 0 Å². The normalized spacial score (nSPS) is 16.1. The summed E-state index contributed by atoms with van der Waals surface area (Å²) in [7, 11) is 2.07. The van der Waals surface area contributed by atoms with Gasteiger partial charge in [0.25, 0.3) is 0 Å². The maximum Gasteiger partial charge on any atom is 0.168 e. The zero-order valence-electron chi connectivity index (χ0n) is 11.6. The second kappa shape index (κ2) is 7.43. The maximum atomic E-state index is 5.48. The molecule has 1 saturated carbocycles. The number of rotatable bonds is 4. The molecule has 0 aliphatic heterocycles. The molecule has 104 valence electrons. The van der Waals surface area contributed by atoms with Crippen LogP contribution in [-0.2, 0) is 6.42 Å². The van der Waals surface area contributed by atoms with Crippen LogP contribution in [0.25, 0.3) is 0 Å². The van der Waals surface area contributed by atoms with Crippen molar-refractivity contribution in [3.05, 3.63) is 30.1 Å². The van der Waals surface area contributed by atoms with Crippen molar-refractivity contribution < 1.29 is 0 Å². The van der Waals surface area contributed by atoms with Crippen molar-refractivity contribution in [1.29, 1.82) is 0 Å². The second-order valence-corrected chi connectivity index (χ2v) is 5.70. The van der Waals surface area contributed by atoms with E-state index in [2.05, 4.69) is 34.4 Å². The van der Waals surface area contributed by atoms with Crippen LogP contribution in [0.2, 0.25) is 0 Å². The molecule has 1 heterocycles. The van der Waals surface area contributed by atoms with Gasteiger partial charge in [-0.2, -0.15) is 0 Å². The molecule has 0 spiro atoms. The van der Waals surface area contributed by atoms with Crippen LogP contribution in [0.1, 0.15) is 37.7 Å². The van der Waals surface area contributed by atoms with E-state index in [9.17, 15) is 0 Å². The minimum absolute atomic E-state index is 0.588. The van der Waals surface area contributed by atoms with E-state index in [1.54, 1.807) is 0 Å². The predicted molar refractivity (Wildman–Crippen MR) is 83.2 cm³/mol. The first-order valence-electron chi connectivity index (χ1n) is 7.16. The summed E-state index contributed by atoms with van der Waals surface area (Å²) in [6.07, 6.45) is 11.3. The summed E-state index contributed by atoms with van der Waals surface area (Å²) in [5.74, 6) is 0. The van der Waals surface area contributed by atoms with Crippen LogP contribution in [-0.4, -0.2) is 34.6 Å². The van der Waals surface area contributed by atoms with Crippen molar-refractivity contribution in [2.75, 3.05) is 13.6 Å². The third-order valence-corrected chi connectivity index (χ3v) is 4.19. The Hall–Kier alpha value is -1.16. The van der Waals surface area contributed by atoms with E-state index in [1.807, 2.05) is 12.4 Å².